The second-order valence-corrected chi connectivity index (χ2v) is 5.33. The lowest BCUT2D eigenvalue weighted by Crippen LogP contribution is -2.49. The summed E-state index contributed by atoms with van der Waals surface area (Å²) in [5, 5.41) is 3.41. The van der Waals surface area contributed by atoms with Gasteiger partial charge in [-0.15, -0.1) is 0 Å². The molecular weight excluding hydrogens is 248 g/mol. The molecule has 2 atom stereocenters. The Morgan fingerprint density at radius 3 is 2.74 bits per heavy atom. The van der Waals surface area contributed by atoms with Crippen molar-refractivity contribution in [2.75, 3.05) is 13.2 Å². The number of ether oxygens (including phenoxy) is 1. The standard InChI is InChI=1S/C15H21F2NO/c1-3-18-14(15(2)7-4-8-19-15)10-11-5-6-12(16)13(17)9-11/h5-6,9,14,18H,3-4,7-8,10H2,1-2H3. The van der Waals surface area contributed by atoms with Gasteiger partial charge in [-0.3, -0.25) is 0 Å². The molecule has 0 bridgehead atoms. The first kappa shape index (κ1) is 14.4. The summed E-state index contributed by atoms with van der Waals surface area (Å²) in [6.07, 6.45) is 2.69. The fraction of sp³-hybridized carbons (Fsp3) is 0.600. The molecule has 1 aromatic carbocycles. The Morgan fingerprint density at radius 2 is 2.16 bits per heavy atom. The summed E-state index contributed by atoms with van der Waals surface area (Å²) in [6.45, 7) is 5.73. The number of halogens is 2. The molecule has 1 fully saturated rings. The van der Waals surface area contributed by atoms with Gasteiger partial charge in [0.2, 0.25) is 0 Å². The Bertz CT molecular complexity index is 430. The van der Waals surface area contributed by atoms with E-state index in [1.165, 1.54) is 12.1 Å². The van der Waals surface area contributed by atoms with E-state index in [1.807, 2.05) is 6.92 Å². The Hall–Kier alpha value is -1.00. The van der Waals surface area contributed by atoms with Crippen LogP contribution in [0.4, 0.5) is 8.78 Å². The highest BCUT2D eigenvalue weighted by Gasteiger charge is 2.37. The molecule has 19 heavy (non-hydrogen) atoms. The molecule has 0 aliphatic carbocycles. The van der Waals surface area contributed by atoms with Gasteiger partial charge in [0.15, 0.2) is 11.6 Å². The van der Waals surface area contributed by atoms with Crippen LogP contribution in [0.15, 0.2) is 18.2 Å². The van der Waals surface area contributed by atoms with E-state index >= 15 is 0 Å². The van der Waals surface area contributed by atoms with Crippen LogP contribution >= 0.6 is 0 Å². The summed E-state index contributed by atoms with van der Waals surface area (Å²) in [6, 6.07) is 4.22. The SMILES string of the molecule is CCNC(Cc1ccc(F)c(F)c1)C1(C)CCCO1. The van der Waals surface area contributed by atoms with Crippen molar-refractivity contribution in [3.8, 4) is 0 Å². The average Bonchev–Trinajstić information content (AvgIpc) is 2.81. The van der Waals surface area contributed by atoms with E-state index in [9.17, 15) is 8.78 Å². The summed E-state index contributed by atoms with van der Waals surface area (Å²) >= 11 is 0. The molecule has 2 rings (SSSR count). The smallest absolute Gasteiger partial charge is 0.159 e. The lowest BCUT2D eigenvalue weighted by molar-refractivity contribution is -0.0110. The molecular formula is C15H21F2NO. The molecule has 0 aromatic heterocycles. The predicted octanol–water partition coefficient (Wildman–Crippen LogP) is 3.05. The number of likely N-dealkylation sites (N-methyl/N-ethyl adjacent to an activating group) is 1. The molecule has 0 amide bonds. The van der Waals surface area contributed by atoms with Crippen LogP contribution in [0.3, 0.4) is 0 Å². The van der Waals surface area contributed by atoms with Gasteiger partial charge in [0.25, 0.3) is 0 Å². The Morgan fingerprint density at radius 1 is 1.37 bits per heavy atom. The Kier molecular flexibility index (Phi) is 4.53. The van der Waals surface area contributed by atoms with E-state index in [-0.39, 0.29) is 11.6 Å². The maximum atomic E-state index is 13.3. The first-order valence-electron chi connectivity index (χ1n) is 6.86. The largest absolute Gasteiger partial charge is 0.374 e. The van der Waals surface area contributed by atoms with Crippen molar-refractivity contribution in [2.24, 2.45) is 0 Å². The molecule has 1 aliphatic heterocycles. The molecule has 0 saturated carbocycles. The number of nitrogens with one attached hydrogen (secondary N) is 1. The number of rotatable bonds is 5. The summed E-state index contributed by atoms with van der Waals surface area (Å²) in [4.78, 5) is 0. The van der Waals surface area contributed by atoms with Crippen molar-refractivity contribution in [3.05, 3.63) is 35.4 Å². The summed E-state index contributed by atoms with van der Waals surface area (Å²) in [7, 11) is 0. The van der Waals surface area contributed by atoms with Crippen LogP contribution in [0.25, 0.3) is 0 Å². The molecule has 106 valence electrons. The zero-order chi connectivity index (χ0) is 13.9. The monoisotopic (exact) mass is 269 g/mol. The van der Waals surface area contributed by atoms with E-state index in [0.717, 1.165) is 31.6 Å². The molecule has 1 aromatic rings. The first-order valence-corrected chi connectivity index (χ1v) is 6.86. The normalized spacial score (nSPS) is 24.6. The van der Waals surface area contributed by atoms with Crippen molar-refractivity contribution in [2.45, 2.75) is 44.8 Å². The van der Waals surface area contributed by atoms with Crippen LogP contribution in [0, 0.1) is 11.6 Å². The number of hydrogen-bond acceptors (Lipinski definition) is 2. The second-order valence-electron chi connectivity index (χ2n) is 5.33. The highest BCUT2D eigenvalue weighted by molar-refractivity contribution is 5.20. The Balaban J connectivity index is 2.13. The van der Waals surface area contributed by atoms with Crippen LogP contribution in [-0.2, 0) is 11.2 Å². The third-order valence-corrected chi connectivity index (χ3v) is 3.86. The zero-order valence-electron chi connectivity index (χ0n) is 11.5. The molecule has 4 heteroatoms. The van der Waals surface area contributed by atoms with E-state index in [2.05, 4.69) is 12.2 Å². The molecule has 2 nitrogen and oxygen atoms in total. The van der Waals surface area contributed by atoms with E-state index < -0.39 is 11.6 Å². The van der Waals surface area contributed by atoms with Gasteiger partial charge in [0, 0.05) is 12.6 Å². The summed E-state index contributed by atoms with van der Waals surface area (Å²) in [5.74, 6) is -1.59. The van der Waals surface area contributed by atoms with E-state index in [4.69, 9.17) is 4.74 Å². The second kappa shape index (κ2) is 5.97. The van der Waals surface area contributed by atoms with Gasteiger partial charge in [0.05, 0.1) is 5.60 Å². The highest BCUT2D eigenvalue weighted by atomic mass is 19.2. The number of benzene rings is 1. The summed E-state index contributed by atoms with van der Waals surface area (Å²) in [5.41, 5.74) is 0.572. The maximum absolute atomic E-state index is 13.3. The lowest BCUT2D eigenvalue weighted by atomic mass is 9.88. The minimum atomic E-state index is -0.799. The molecule has 0 radical (unpaired) electrons. The van der Waals surface area contributed by atoms with Crippen molar-refractivity contribution in [3.63, 3.8) is 0 Å². The van der Waals surface area contributed by atoms with Crippen LogP contribution in [0.1, 0.15) is 32.3 Å². The van der Waals surface area contributed by atoms with Crippen LogP contribution in [-0.4, -0.2) is 24.8 Å². The van der Waals surface area contributed by atoms with Crippen molar-refractivity contribution < 1.29 is 13.5 Å². The quantitative estimate of drug-likeness (QED) is 0.887. The van der Waals surface area contributed by atoms with Gasteiger partial charge < -0.3 is 10.1 Å². The first-order chi connectivity index (χ1) is 9.05. The molecule has 1 heterocycles. The van der Waals surface area contributed by atoms with Gasteiger partial charge in [-0.05, 0) is 50.4 Å². The van der Waals surface area contributed by atoms with Gasteiger partial charge >= 0.3 is 0 Å². The molecule has 1 saturated heterocycles. The highest BCUT2D eigenvalue weighted by Crippen LogP contribution is 2.30. The van der Waals surface area contributed by atoms with Crippen LogP contribution < -0.4 is 5.32 Å². The van der Waals surface area contributed by atoms with E-state index in [1.54, 1.807) is 6.07 Å². The molecule has 1 N–H and O–H groups in total. The molecule has 0 spiro atoms. The fourth-order valence-corrected chi connectivity index (χ4v) is 2.73. The molecule has 2 unspecified atom stereocenters. The van der Waals surface area contributed by atoms with Crippen molar-refractivity contribution in [1.82, 2.24) is 5.32 Å². The van der Waals surface area contributed by atoms with Gasteiger partial charge in [-0.1, -0.05) is 13.0 Å². The van der Waals surface area contributed by atoms with E-state index in [0.29, 0.717) is 6.42 Å². The Labute approximate surface area is 113 Å². The average molecular weight is 269 g/mol. The van der Waals surface area contributed by atoms with Gasteiger partial charge in [-0.25, -0.2) is 8.78 Å². The topological polar surface area (TPSA) is 21.3 Å². The maximum Gasteiger partial charge on any atom is 0.159 e. The fourth-order valence-electron chi connectivity index (χ4n) is 2.73. The minimum Gasteiger partial charge on any atom is -0.374 e. The summed E-state index contributed by atoms with van der Waals surface area (Å²) < 4.78 is 32.1. The predicted molar refractivity (Wildman–Crippen MR) is 71.1 cm³/mol. The third-order valence-electron chi connectivity index (χ3n) is 3.86. The van der Waals surface area contributed by atoms with Crippen molar-refractivity contribution in [1.29, 1.82) is 0 Å². The lowest BCUT2D eigenvalue weighted by Gasteiger charge is -2.34. The van der Waals surface area contributed by atoms with Crippen LogP contribution in [0.2, 0.25) is 0 Å². The van der Waals surface area contributed by atoms with Gasteiger partial charge in [-0.2, -0.15) is 0 Å². The van der Waals surface area contributed by atoms with Crippen LogP contribution in [0.5, 0.6) is 0 Å². The zero-order valence-corrected chi connectivity index (χ0v) is 11.5. The van der Waals surface area contributed by atoms with Gasteiger partial charge in [0.1, 0.15) is 0 Å². The van der Waals surface area contributed by atoms with Crippen molar-refractivity contribution >= 4 is 0 Å². The number of hydrogen-bond donors (Lipinski definition) is 1. The minimum absolute atomic E-state index is 0.116. The third kappa shape index (κ3) is 3.31. The molecule has 1 aliphatic rings.